The summed E-state index contributed by atoms with van der Waals surface area (Å²) in [6.45, 7) is 0.914. The second kappa shape index (κ2) is 7.51. The van der Waals surface area contributed by atoms with Gasteiger partial charge in [0, 0.05) is 11.0 Å². The van der Waals surface area contributed by atoms with Gasteiger partial charge in [0.25, 0.3) is 0 Å². The summed E-state index contributed by atoms with van der Waals surface area (Å²) in [7, 11) is -3.65. The molecule has 1 aromatic carbocycles. The molecular formula is C12H14BrNO5S. The molecule has 0 heterocycles. The van der Waals surface area contributed by atoms with E-state index in [0.717, 1.165) is 4.47 Å². The van der Waals surface area contributed by atoms with Crippen LogP contribution in [0, 0.1) is 0 Å². The van der Waals surface area contributed by atoms with Crippen molar-refractivity contribution >= 4 is 37.7 Å². The van der Waals surface area contributed by atoms with E-state index >= 15 is 0 Å². The highest BCUT2D eigenvalue weighted by molar-refractivity contribution is 9.10. The van der Waals surface area contributed by atoms with E-state index in [-0.39, 0.29) is 30.3 Å². The Morgan fingerprint density at radius 1 is 1.25 bits per heavy atom. The summed E-state index contributed by atoms with van der Waals surface area (Å²) in [6.07, 6.45) is -0.136. The largest absolute Gasteiger partial charge is 0.458 e. The molecule has 110 valence electrons. The van der Waals surface area contributed by atoms with Gasteiger partial charge in [0.05, 0.1) is 11.3 Å². The van der Waals surface area contributed by atoms with Crippen LogP contribution in [0.15, 0.2) is 33.6 Å². The number of sulfonamides is 1. The van der Waals surface area contributed by atoms with Crippen LogP contribution in [0.25, 0.3) is 0 Å². The van der Waals surface area contributed by atoms with Crippen LogP contribution in [0.5, 0.6) is 0 Å². The number of ether oxygens (including phenoxy) is 1. The van der Waals surface area contributed by atoms with Crippen molar-refractivity contribution in [2.45, 2.75) is 18.2 Å². The average Bonchev–Trinajstić information content (AvgIpc) is 2.36. The first kappa shape index (κ1) is 16.8. The lowest BCUT2D eigenvalue weighted by atomic mass is 10.4. The number of carbonyl (C=O) groups is 2. The lowest BCUT2D eigenvalue weighted by Gasteiger charge is -2.06. The molecule has 6 nitrogen and oxygen atoms in total. The molecular weight excluding hydrogens is 350 g/mol. The van der Waals surface area contributed by atoms with E-state index in [4.69, 9.17) is 0 Å². The van der Waals surface area contributed by atoms with Gasteiger partial charge >= 0.3 is 5.97 Å². The van der Waals surface area contributed by atoms with Crippen LogP contribution in [-0.4, -0.2) is 33.3 Å². The zero-order valence-corrected chi connectivity index (χ0v) is 13.2. The van der Waals surface area contributed by atoms with Gasteiger partial charge in [-0.25, -0.2) is 13.1 Å². The van der Waals surface area contributed by atoms with Crippen LogP contribution in [0.2, 0.25) is 0 Å². The second-order valence-corrected chi connectivity index (χ2v) is 6.65. The van der Waals surface area contributed by atoms with Crippen LogP contribution in [0.3, 0.4) is 0 Å². The molecule has 0 amide bonds. The fourth-order valence-corrected chi connectivity index (χ4v) is 2.54. The Balaban J connectivity index is 2.46. The Labute approximate surface area is 125 Å². The molecule has 0 saturated carbocycles. The van der Waals surface area contributed by atoms with Crippen molar-refractivity contribution in [1.29, 1.82) is 0 Å². The van der Waals surface area contributed by atoms with Crippen LogP contribution in [0.4, 0.5) is 0 Å². The smallest absolute Gasteiger partial charge is 0.307 e. The minimum atomic E-state index is -3.65. The van der Waals surface area contributed by atoms with E-state index < -0.39 is 16.0 Å². The minimum absolute atomic E-state index is 0.0882. The maximum atomic E-state index is 11.9. The van der Waals surface area contributed by atoms with Crippen molar-refractivity contribution in [1.82, 2.24) is 4.72 Å². The summed E-state index contributed by atoms with van der Waals surface area (Å²) >= 11 is 3.21. The third kappa shape index (κ3) is 5.81. The van der Waals surface area contributed by atoms with Gasteiger partial charge in [-0.15, -0.1) is 0 Å². The number of rotatable bonds is 7. The first-order valence-corrected chi connectivity index (χ1v) is 7.99. The molecule has 1 rings (SSSR count). The maximum Gasteiger partial charge on any atom is 0.307 e. The molecule has 0 aromatic heterocycles. The van der Waals surface area contributed by atoms with E-state index in [1.165, 1.54) is 19.1 Å². The molecule has 0 fully saturated rings. The lowest BCUT2D eigenvalue weighted by molar-refractivity contribution is -0.147. The summed E-state index contributed by atoms with van der Waals surface area (Å²) in [5.74, 6) is -0.896. The van der Waals surface area contributed by atoms with Crippen molar-refractivity contribution in [3.8, 4) is 0 Å². The van der Waals surface area contributed by atoms with Crippen molar-refractivity contribution in [2.75, 3.05) is 13.2 Å². The van der Waals surface area contributed by atoms with Crippen molar-refractivity contribution < 1.29 is 22.7 Å². The molecule has 0 aliphatic rings. The number of hydrogen-bond acceptors (Lipinski definition) is 5. The fraction of sp³-hybridized carbons (Fsp3) is 0.333. The van der Waals surface area contributed by atoms with Crippen LogP contribution < -0.4 is 4.72 Å². The molecule has 1 N–H and O–H groups in total. The van der Waals surface area contributed by atoms with Crippen molar-refractivity contribution in [2.24, 2.45) is 0 Å². The number of carbonyl (C=O) groups excluding carboxylic acids is 2. The number of Topliss-reactive ketones (excluding diaryl/α,β-unsaturated/α-hetero) is 1. The molecule has 0 saturated heterocycles. The Bertz CT molecular complexity index is 582. The molecule has 0 bridgehead atoms. The Morgan fingerprint density at radius 3 is 2.40 bits per heavy atom. The molecule has 8 heteroatoms. The third-order valence-corrected chi connectivity index (χ3v) is 4.19. The summed E-state index contributed by atoms with van der Waals surface area (Å²) < 4.78 is 31.4. The molecule has 20 heavy (non-hydrogen) atoms. The van der Waals surface area contributed by atoms with E-state index in [9.17, 15) is 18.0 Å². The third-order valence-electron chi connectivity index (χ3n) is 2.18. The summed E-state index contributed by atoms with van der Waals surface area (Å²) in [4.78, 5) is 21.9. The van der Waals surface area contributed by atoms with Gasteiger partial charge in [-0.2, -0.15) is 0 Å². The predicted molar refractivity (Wildman–Crippen MR) is 75.6 cm³/mol. The highest BCUT2D eigenvalue weighted by Crippen LogP contribution is 2.14. The standard InChI is InChI=1S/C12H14BrNO5S/c1-9(15)8-19-12(16)6-7-14-20(17,18)11-4-2-10(13)3-5-11/h2-5,14H,6-8H2,1H3. The molecule has 0 atom stereocenters. The van der Waals surface area contributed by atoms with Crippen LogP contribution in [0.1, 0.15) is 13.3 Å². The Hall–Kier alpha value is -1.25. The van der Waals surface area contributed by atoms with Crippen LogP contribution in [-0.2, 0) is 24.3 Å². The van der Waals surface area contributed by atoms with Gasteiger partial charge in [-0.3, -0.25) is 9.59 Å². The van der Waals surface area contributed by atoms with Gasteiger partial charge in [0.1, 0.15) is 6.61 Å². The molecule has 0 aliphatic carbocycles. The van der Waals surface area contributed by atoms with Crippen molar-refractivity contribution in [3.05, 3.63) is 28.7 Å². The highest BCUT2D eigenvalue weighted by Gasteiger charge is 2.14. The number of ketones is 1. The Morgan fingerprint density at radius 2 is 1.85 bits per heavy atom. The van der Waals surface area contributed by atoms with E-state index in [1.807, 2.05) is 0 Å². The van der Waals surface area contributed by atoms with Gasteiger partial charge in [-0.1, -0.05) is 15.9 Å². The maximum absolute atomic E-state index is 11.9. The van der Waals surface area contributed by atoms with E-state index in [0.29, 0.717) is 0 Å². The van der Waals surface area contributed by atoms with Gasteiger partial charge in [0.2, 0.25) is 10.0 Å². The summed E-state index contributed by atoms with van der Waals surface area (Å²) in [5, 5.41) is 0. The zero-order chi connectivity index (χ0) is 15.2. The monoisotopic (exact) mass is 363 g/mol. The highest BCUT2D eigenvalue weighted by atomic mass is 79.9. The molecule has 0 radical (unpaired) electrons. The van der Waals surface area contributed by atoms with Gasteiger partial charge < -0.3 is 4.74 Å². The van der Waals surface area contributed by atoms with E-state index in [1.54, 1.807) is 12.1 Å². The fourth-order valence-electron chi connectivity index (χ4n) is 1.24. The molecule has 0 unspecified atom stereocenters. The topological polar surface area (TPSA) is 89.5 Å². The number of benzene rings is 1. The van der Waals surface area contributed by atoms with Gasteiger partial charge in [0.15, 0.2) is 5.78 Å². The summed E-state index contributed by atoms with van der Waals surface area (Å²) in [6, 6.07) is 6.10. The summed E-state index contributed by atoms with van der Waals surface area (Å²) in [5.41, 5.74) is 0. The lowest BCUT2D eigenvalue weighted by Crippen LogP contribution is -2.27. The second-order valence-electron chi connectivity index (χ2n) is 3.96. The molecule has 0 aliphatic heterocycles. The normalized spacial score (nSPS) is 11.1. The first-order chi connectivity index (χ1) is 9.31. The SMILES string of the molecule is CC(=O)COC(=O)CCNS(=O)(=O)c1ccc(Br)cc1. The van der Waals surface area contributed by atoms with Gasteiger partial charge in [-0.05, 0) is 31.2 Å². The minimum Gasteiger partial charge on any atom is -0.458 e. The van der Waals surface area contributed by atoms with Crippen molar-refractivity contribution in [3.63, 3.8) is 0 Å². The molecule has 0 spiro atoms. The predicted octanol–water partition coefficient (Wildman–Crippen LogP) is 1.25. The Kier molecular flexibility index (Phi) is 6.31. The molecule has 1 aromatic rings. The number of nitrogens with one attached hydrogen (secondary N) is 1. The number of hydrogen-bond donors (Lipinski definition) is 1. The number of halogens is 1. The first-order valence-electron chi connectivity index (χ1n) is 5.71. The number of esters is 1. The zero-order valence-electron chi connectivity index (χ0n) is 10.8. The van der Waals surface area contributed by atoms with E-state index in [2.05, 4.69) is 25.4 Å². The average molecular weight is 364 g/mol. The van der Waals surface area contributed by atoms with Crippen LogP contribution >= 0.6 is 15.9 Å². The quantitative estimate of drug-likeness (QED) is 0.736.